The summed E-state index contributed by atoms with van der Waals surface area (Å²) in [5.41, 5.74) is 0.973. The standard InChI is InChI=1S/C16H21NO3/c1-3-13-11-17(9-8-15(13)18)16(19)10-12-4-6-14(20-2)7-5-12/h4-7,13H,3,8-11H2,1-2H3. The van der Waals surface area contributed by atoms with Gasteiger partial charge in [-0.25, -0.2) is 0 Å². The number of amides is 1. The highest BCUT2D eigenvalue weighted by Crippen LogP contribution is 2.18. The van der Waals surface area contributed by atoms with Crippen LogP contribution in [-0.4, -0.2) is 36.8 Å². The summed E-state index contributed by atoms with van der Waals surface area (Å²) in [7, 11) is 1.62. The largest absolute Gasteiger partial charge is 0.497 e. The highest BCUT2D eigenvalue weighted by molar-refractivity contribution is 5.86. The number of methoxy groups -OCH3 is 1. The van der Waals surface area contributed by atoms with Gasteiger partial charge in [0.1, 0.15) is 11.5 Å². The van der Waals surface area contributed by atoms with Gasteiger partial charge in [-0.3, -0.25) is 9.59 Å². The number of piperidine rings is 1. The predicted molar refractivity (Wildman–Crippen MR) is 76.7 cm³/mol. The summed E-state index contributed by atoms with van der Waals surface area (Å²) in [5.74, 6) is 1.20. The van der Waals surface area contributed by atoms with Gasteiger partial charge in [-0.05, 0) is 24.1 Å². The number of carbonyl (C=O) groups is 2. The number of ketones is 1. The zero-order valence-corrected chi connectivity index (χ0v) is 12.1. The molecule has 0 radical (unpaired) electrons. The van der Waals surface area contributed by atoms with E-state index < -0.39 is 0 Å². The maximum Gasteiger partial charge on any atom is 0.227 e. The van der Waals surface area contributed by atoms with Crippen molar-refractivity contribution in [1.82, 2.24) is 4.90 Å². The van der Waals surface area contributed by atoms with Crippen molar-refractivity contribution in [2.45, 2.75) is 26.2 Å². The number of ether oxygens (including phenoxy) is 1. The van der Waals surface area contributed by atoms with E-state index in [0.717, 1.165) is 17.7 Å². The van der Waals surface area contributed by atoms with Crippen molar-refractivity contribution in [3.8, 4) is 5.75 Å². The van der Waals surface area contributed by atoms with E-state index in [9.17, 15) is 9.59 Å². The summed E-state index contributed by atoms with van der Waals surface area (Å²) in [5, 5.41) is 0. The van der Waals surface area contributed by atoms with Gasteiger partial charge in [0.25, 0.3) is 0 Å². The van der Waals surface area contributed by atoms with E-state index >= 15 is 0 Å². The van der Waals surface area contributed by atoms with Crippen LogP contribution in [0.4, 0.5) is 0 Å². The fourth-order valence-corrected chi connectivity index (χ4v) is 2.52. The van der Waals surface area contributed by atoms with Crippen LogP contribution in [0.2, 0.25) is 0 Å². The average molecular weight is 275 g/mol. The molecule has 0 aromatic heterocycles. The molecule has 0 N–H and O–H groups in total. The first kappa shape index (κ1) is 14.6. The Bertz CT molecular complexity index is 481. The molecule has 108 valence electrons. The molecule has 0 bridgehead atoms. The minimum atomic E-state index is 0.0172. The van der Waals surface area contributed by atoms with Crippen LogP contribution in [0.25, 0.3) is 0 Å². The molecular formula is C16H21NO3. The molecule has 1 aromatic carbocycles. The molecule has 1 saturated heterocycles. The van der Waals surface area contributed by atoms with Crippen LogP contribution in [0.3, 0.4) is 0 Å². The number of hydrogen-bond donors (Lipinski definition) is 0. The van der Waals surface area contributed by atoms with Gasteiger partial charge in [0.05, 0.1) is 13.5 Å². The van der Waals surface area contributed by atoms with Gasteiger partial charge in [0, 0.05) is 25.4 Å². The third-order valence-corrected chi connectivity index (χ3v) is 3.88. The molecule has 1 aliphatic rings. The Morgan fingerprint density at radius 3 is 2.65 bits per heavy atom. The number of hydrogen-bond acceptors (Lipinski definition) is 3. The highest BCUT2D eigenvalue weighted by atomic mass is 16.5. The fourth-order valence-electron chi connectivity index (χ4n) is 2.52. The van der Waals surface area contributed by atoms with Crippen LogP contribution in [-0.2, 0) is 16.0 Å². The number of likely N-dealkylation sites (tertiary alicyclic amines) is 1. The highest BCUT2D eigenvalue weighted by Gasteiger charge is 2.28. The van der Waals surface area contributed by atoms with Crippen LogP contribution in [0.1, 0.15) is 25.3 Å². The number of Topliss-reactive ketones (excluding diaryl/α,β-unsaturated/α-hetero) is 1. The Morgan fingerprint density at radius 1 is 1.35 bits per heavy atom. The normalized spacial score (nSPS) is 19.0. The lowest BCUT2D eigenvalue weighted by Crippen LogP contribution is -2.44. The van der Waals surface area contributed by atoms with E-state index in [1.165, 1.54) is 0 Å². The molecule has 1 atom stereocenters. The quantitative estimate of drug-likeness (QED) is 0.845. The van der Waals surface area contributed by atoms with Crippen LogP contribution in [0.15, 0.2) is 24.3 Å². The lowest BCUT2D eigenvalue weighted by Gasteiger charge is -2.31. The van der Waals surface area contributed by atoms with Gasteiger partial charge in [-0.1, -0.05) is 19.1 Å². The summed E-state index contributed by atoms with van der Waals surface area (Å²) >= 11 is 0. The summed E-state index contributed by atoms with van der Waals surface area (Å²) in [6, 6.07) is 7.53. The Morgan fingerprint density at radius 2 is 2.05 bits per heavy atom. The molecule has 1 aliphatic heterocycles. The first-order valence-corrected chi connectivity index (χ1v) is 7.07. The Balaban J connectivity index is 1.95. The van der Waals surface area contributed by atoms with E-state index in [0.29, 0.717) is 31.7 Å². The molecule has 1 fully saturated rings. The topological polar surface area (TPSA) is 46.6 Å². The third kappa shape index (κ3) is 3.38. The second-order valence-corrected chi connectivity index (χ2v) is 5.19. The molecule has 4 nitrogen and oxygen atoms in total. The van der Waals surface area contributed by atoms with Gasteiger partial charge in [0.2, 0.25) is 5.91 Å². The second-order valence-electron chi connectivity index (χ2n) is 5.19. The van der Waals surface area contributed by atoms with Crippen molar-refractivity contribution >= 4 is 11.7 Å². The lowest BCUT2D eigenvalue weighted by molar-refractivity contribution is -0.136. The van der Waals surface area contributed by atoms with Crippen molar-refractivity contribution in [3.63, 3.8) is 0 Å². The SMILES string of the molecule is CCC1CN(C(=O)Cc2ccc(OC)cc2)CCC1=O. The van der Waals surface area contributed by atoms with Gasteiger partial charge in [-0.2, -0.15) is 0 Å². The molecular weight excluding hydrogens is 254 g/mol. The van der Waals surface area contributed by atoms with E-state index in [-0.39, 0.29) is 11.8 Å². The molecule has 4 heteroatoms. The van der Waals surface area contributed by atoms with Crippen molar-refractivity contribution in [2.75, 3.05) is 20.2 Å². The summed E-state index contributed by atoms with van der Waals surface area (Å²) in [6.45, 7) is 3.13. The first-order chi connectivity index (χ1) is 9.63. The van der Waals surface area contributed by atoms with Crippen LogP contribution < -0.4 is 4.74 Å². The van der Waals surface area contributed by atoms with E-state index in [1.54, 1.807) is 7.11 Å². The maximum absolute atomic E-state index is 12.3. The van der Waals surface area contributed by atoms with Gasteiger partial charge >= 0.3 is 0 Å². The number of carbonyl (C=O) groups excluding carboxylic acids is 2. The van der Waals surface area contributed by atoms with Crippen LogP contribution in [0.5, 0.6) is 5.75 Å². The Hall–Kier alpha value is -1.84. The van der Waals surface area contributed by atoms with Crippen molar-refractivity contribution in [1.29, 1.82) is 0 Å². The Labute approximate surface area is 119 Å². The molecule has 1 aromatic rings. The number of benzene rings is 1. The number of nitrogens with zero attached hydrogens (tertiary/aromatic N) is 1. The van der Waals surface area contributed by atoms with Crippen LogP contribution >= 0.6 is 0 Å². The lowest BCUT2D eigenvalue weighted by atomic mass is 9.94. The van der Waals surface area contributed by atoms with Crippen molar-refractivity contribution in [2.24, 2.45) is 5.92 Å². The summed E-state index contributed by atoms with van der Waals surface area (Å²) in [4.78, 5) is 25.8. The molecule has 1 amide bonds. The molecule has 20 heavy (non-hydrogen) atoms. The Kier molecular flexibility index (Phi) is 4.77. The van der Waals surface area contributed by atoms with Gasteiger partial charge in [0.15, 0.2) is 0 Å². The third-order valence-electron chi connectivity index (χ3n) is 3.88. The second kappa shape index (κ2) is 6.55. The maximum atomic E-state index is 12.3. The molecule has 0 aliphatic carbocycles. The average Bonchev–Trinajstić information content (AvgIpc) is 2.48. The molecule has 1 heterocycles. The first-order valence-electron chi connectivity index (χ1n) is 7.07. The molecule has 1 unspecified atom stereocenters. The van der Waals surface area contributed by atoms with Gasteiger partial charge < -0.3 is 9.64 Å². The van der Waals surface area contributed by atoms with Crippen molar-refractivity contribution < 1.29 is 14.3 Å². The zero-order chi connectivity index (χ0) is 14.5. The van der Waals surface area contributed by atoms with E-state index in [4.69, 9.17) is 4.74 Å². The van der Waals surface area contributed by atoms with Gasteiger partial charge in [-0.15, -0.1) is 0 Å². The number of rotatable bonds is 4. The molecule has 0 spiro atoms. The monoisotopic (exact) mass is 275 g/mol. The smallest absolute Gasteiger partial charge is 0.227 e. The summed E-state index contributed by atoms with van der Waals surface area (Å²) < 4.78 is 5.10. The van der Waals surface area contributed by atoms with E-state index in [2.05, 4.69) is 0 Å². The molecule has 0 saturated carbocycles. The minimum absolute atomic E-state index is 0.0172. The summed E-state index contributed by atoms with van der Waals surface area (Å²) in [6.07, 6.45) is 1.69. The van der Waals surface area contributed by atoms with Crippen molar-refractivity contribution in [3.05, 3.63) is 29.8 Å². The predicted octanol–water partition coefficient (Wildman–Crippen LogP) is 2.07. The molecule has 2 rings (SSSR count). The van der Waals surface area contributed by atoms with E-state index in [1.807, 2.05) is 36.1 Å². The zero-order valence-electron chi connectivity index (χ0n) is 12.1. The van der Waals surface area contributed by atoms with Crippen LogP contribution in [0, 0.1) is 5.92 Å². The minimum Gasteiger partial charge on any atom is -0.497 e. The fraction of sp³-hybridized carbons (Fsp3) is 0.500.